The predicted octanol–water partition coefficient (Wildman–Crippen LogP) is -5.46. The molecule has 74 valence electrons. The predicted molar refractivity (Wildman–Crippen MR) is 31.5 cm³/mol. The molecular formula is C6H6CdNO6-. The zero-order valence-corrected chi connectivity index (χ0v) is 11.3. The summed E-state index contributed by atoms with van der Waals surface area (Å²) in [5, 5.41) is 30.0. The molecule has 0 aromatic rings. The second kappa shape index (κ2) is 7.67. The number of carbonyl (C=O) groups excluding carboxylic acids is 3. The molecule has 14 heavy (non-hydrogen) atoms. The van der Waals surface area contributed by atoms with Gasteiger partial charge in [-0.1, -0.05) is 0 Å². The van der Waals surface area contributed by atoms with Gasteiger partial charge in [-0.25, -0.2) is 0 Å². The fourth-order valence-electron chi connectivity index (χ4n) is 0.715. The molecule has 0 radical (unpaired) electrons. The molecule has 0 unspecified atom stereocenters. The molecule has 0 spiro atoms. The van der Waals surface area contributed by atoms with Crippen LogP contribution in [0.3, 0.4) is 0 Å². The van der Waals surface area contributed by atoms with Crippen LogP contribution in [0.4, 0.5) is 0 Å². The first-order chi connectivity index (χ1) is 5.91. The Morgan fingerprint density at radius 1 is 0.786 bits per heavy atom. The number of aliphatic carboxylic acids is 3. The van der Waals surface area contributed by atoms with E-state index in [0.717, 1.165) is 0 Å². The summed E-state index contributed by atoms with van der Waals surface area (Å²) in [5.74, 6) is -4.70. The minimum absolute atomic E-state index is 0. The Morgan fingerprint density at radius 3 is 1.14 bits per heavy atom. The molecule has 0 aromatic carbocycles. The van der Waals surface area contributed by atoms with Crippen LogP contribution in [0.25, 0.3) is 0 Å². The number of carboxylic acid groups (broad SMARTS) is 3. The van der Waals surface area contributed by atoms with Crippen LogP contribution in [0.15, 0.2) is 0 Å². The zero-order chi connectivity index (χ0) is 10.4. The third-order valence-electron chi connectivity index (χ3n) is 1.06. The average Bonchev–Trinajstić information content (AvgIpc) is 1.80. The SMILES string of the molecule is O=C([O-])CN(CC(=O)[O-])CC(=O)[O-].[Cd+2]. The maximum absolute atomic E-state index is 9.99. The normalized spacial score (nSPS) is 9.21. The topological polar surface area (TPSA) is 124 Å². The summed E-state index contributed by atoms with van der Waals surface area (Å²) >= 11 is 0. The number of nitrogens with zero attached hydrogens (tertiary/aromatic N) is 1. The van der Waals surface area contributed by atoms with Gasteiger partial charge in [0.15, 0.2) is 0 Å². The maximum Gasteiger partial charge on any atom is 2.00 e. The molecule has 8 heteroatoms. The Balaban J connectivity index is 0. The van der Waals surface area contributed by atoms with Crippen molar-refractivity contribution in [3.05, 3.63) is 0 Å². The standard InChI is InChI=1S/C6H9NO6.Cd/c8-4(9)1-7(2-5(10)11)3-6(12)13;/h1-3H2,(H,8,9)(H,10,11)(H,12,13);/q;+2/p-3. The van der Waals surface area contributed by atoms with Gasteiger partial charge in [0.25, 0.3) is 0 Å². The van der Waals surface area contributed by atoms with Crippen molar-refractivity contribution in [3.63, 3.8) is 0 Å². The quantitative estimate of drug-likeness (QED) is 0.448. The molecule has 0 fully saturated rings. The Labute approximate surface area is 99.5 Å². The summed E-state index contributed by atoms with van der Waals surface area (Å²) in [4.78, 5) is 30.6. The number of hydrogen-bond donors (Lipinski definition) is 0. The van der Waals surface area contributed by atoms with Gasteiger partial charge in [-0.3, -0.25) is 4.90 Å². The summed E-state index contributed by atoms with van der Waals surface area (Å²) in [6, 6.07) is 0. The largest absolute Gasteiger partial charge is 2.00 e. The van der Waals surface area contributed by atoms with Crippen LogP contribution < -0.4 is 15.3 Å². The Morgan fingerprint density at radius 2 is 1.00 bits per heavy atom. The van der Waals surface area contributed by atoms with E-state index in [1.54, 1.807) is 0 Å². The zero-order valence-electron chi connectivity index (χ0n) is 7.23. The smallest absolute Gasteiger partial charge is 0.549 e. The van der Waals surface area contributed by atoms with E-state index in [1.165, 1.54) is 0 Å². The number of carboxylic acids is 3. The van der Waals surface area contributed by atoms with Gasteiger partial charge < -0.3 is 29.7 Å². The molecule has 0 saturated heterocycles. The molecule has 0 rings (SSSR count). The molecule has 0 N–H and O–H groups in total. The number of carbonyl (C=O) groups is 3. The van der Waals surface area contributed by atoms with Crippen molar-refractivity contribution in [2.24, 2.45) is 0 Å². The van der Waals surface area contributed by atoms with E-state index in [0.29, 0.717) is 4.90 Å². The molecule has 0 aromatic heterocycles. The fraction of sp³-hybridized carbons (Fsp3) is 0.500. The molecule has 0 amide bonds. The molecular weight excluding hydrogens is 294 g/mol. The first-order valence-corrected chi connectivity index (χ1v) is 3.23. The summed E-state index contributed by atoms with van der Waals surface area (Å²) in [6.45, 7) is -2.37. The van der Waals surface area contributed by atoms with E-state index in [2.05, 4.69) is 0 Å². The van der Waals surface area contributed by atoms with E-state index in [9.17, 15) is 29.7 Å². The third-order valence-corrected chi connectivity index (χ3v) is 1.06. The van der Waals surface area contributed by atoms with Gasteiger partial charge in [-0.05, 0) is 0 Å². The van der Waals surface area contributed by atoms with Gasteiger partial charge in [0, 0.05) is 19.6 Å². The summed E-state index contributed by atoms with van der Waals surface area (Å²) in [5.41, 5.74) is 0. The molecule has 0 saturated carbocycles. The second-order valence-electron chi connectivity index (χ2n) is 2.26. The van der Waals surface area contributed by atoms with E-state index in [1.807, 2.05) is 0 Å². The molecule has 0 atom stereocenters. The Hall–Kier alpha value is -0.708. The Bertz CT molecular complexity index is 192. The van der Waals surface area contributed by atoms with Crippen LogP contribution in [0.5, 0.6) is 0 Å². The van der Waals surface area contributed by atoms with Crippen molar-refractivity contribution < 1.29 is 57.0 Å². The van der Waals surface area contributed by atoms with Crippen LogP contribution in [0.1, 0.15) is 0 Å². The molecule has 0 aliphatic heterocycles. The maximum atomic E-state index is 9.99. The summed E-state index contributed by atoms with van der Waals surface area (Å²) < 4.78 is 0. The van der Waals surface area contributed by atoms with Crippen LogP contribution >= 0.6 is 0 Å². The summed E-state index contributed by atoms with van der Waals surface area (Å²) in [6.07, 6.45) is 0. The van der Waals surface area contributed by atoms with Crippen LogP contribution in [0, 0.1) is 0 Å². The van der Waals surface area contributed by atoms with E-state index in [-0.39, 0.29) is 27.3 Å². The van der Waals surface area contributed by atoms with Gasteiger partial charge in [0.05, 0.1) is 17.9 Å². The Kier molecular flexibility index (Phi) is 8.63. The van der Waals surface area contributed by atoms with Crippen LogP contribution in [0.2, 0.25) is 0 Å². The van der Waals surface area contributed by atoms with Gasteiger partial charge in [-0.15, -0.1) is 0 Å². The first kappa shape index (κ1) is 15.8. The minimum Gasteiger partial charge on any atom is -0.549 e. The van der Waals surface area contributed by atoms with Crippen molar-refractivity contribution in [1.82, 2.24) is 4.90 Å². The van der Waals surface area contributed by atoms with Crippen molar-refractivity contribution in [3.8, 4) is 0 Å². The molecule has 0 bridgehead atoms. The summed E-state index contributed by atoms with van der Waals surface area (Å²) in [7, 11) is 0. The molecule has 0 heterocycles. The van der Waals surface area contributed by atoms with Gasteiger partial charge >= 0.3 is 27.3 Å². The second-order valence-corrected chi connectivity index (χ2v) is 2.26. The molecule has 0 aliphatic carbocycles. The van der Waals surface area contributed by atoms with E-state index in [4.69, 9.17) is 0 Å². The van der Waals surface area contributed by atoms with Gasteiger partial charge in [-0.2, -0.15) is 0 Å². The minimum atomic E-state index is -1.57. The van der Waals surface area contributed by atoms with Gasteiger partial charge in [0.1, 0.15) is 0 Å². The van der Waals surface area contributed by atoms with Crippen LogP contribution in [-0.2, 0) is 41.7 Å². The molecule has 7 nitrogen and oxygen atoms in total. The number of rotatable bonds is 6. The van der Waals surface area contributed by atoms with Crippen molar-refractivity contribution >= 4 is 17.9 Å². The van der Waals surface area contributed by atoms with Crippen molar-refractivity contribution in [1.29, 1.82) is 0 Å². The fourth-order valence-corrected chi connectivity index (χ4v) is 0.715. The molecule has 0 aliphatic rings. The number of hydrogen-bond acceptors (Lipinski definition) is 7. The van der Waals surface area contributed by atoms with Crippen molar-refractivity contribution in [2.45, 2.75) is 0 Å². The average molecular weight is 301 g/mol. The monoisotopic (exact) mass is 302 g/mol. The van der Waals surface area contributed by atoms with Crippen molar-refractivity contribution in [2.75, 3.05) is 19.6 Å². The van der Waals surface area contributed by atoms with E-state index < -0.39 is 37.5 Å². The first-order valence-electron chi connectivity index (χ1n) is 3.23. The van der Waals surface area contributed by atoms with E-state index >= 15 is 0 Å². The third kappa shape index (κ3) is 9.38. The van der Waals surface area contributed by atoms with Crippen LogP contribution in [-0.4, -0.2) is 42.4 Å². The van der Waals surface area contributed by atoms with Gasteiger partial charge in [0.2, 0.25) is 0 Å².